The number of rotatable bonds is 4. The second kappa shape index (κ2) is 6.40. The zero-order chi connectivity index (χ0) is 19.6. The summed E-state index contributed by atoms with van der Waals surface area (Å²) in [5.74, 6) is -0.834. The molecule has 1 aromatic heterocycles. The molecule has 2 bridgehead atoms. The Bertz CT molecular complexity index is 865. The summed E-state index contributed by atoms with van der Waals surface area (Å²) in [4.78, 5) is 28.4. The highest BCUT2D eigenvalue weighted by atomic mass is 16.5. The molecular formula is C21H27N5O3. The van der Waals surface area contributed by atoms with Gasteiger partial charge in [0.05, 0.1) is 49.0 Å². The maximum atomic E-state index is 13.3. The number of aromatic nitrogens is 2. The maximum absolute atomic E-state index is 13.3. The SMILES string of the molecule is O=C(NCc1cc2n(n1)CCNC2)C1C2C=CC3(CN(C4CCCC4)C(=O)C13)O2. The first-order chi connectivity index (χ1) is 14.1. The molecule has 2 saturated heterocycles. The second-order valence-corrected chi connectivity index (χ2v) is 9.05. The molecule has 1 saturated carbocycles. The number of carbonyl (C=O) groups excluding carboxylic acids is 2. The van der Waals surface area contributed by atoms with Crippen molar-refractivity contribution in [3.8, 4) is 0 Å². The lowest BCUT2D eigenvalue weighted by molar-refractivity contribution is -0.138. The molecule has 5 aliphatic rings. The summed E-state index contributed by atoms with van der Waals surface area (Å²) < 4.78 is 8.23. The lowest BCUT2D eigenvalue weighted by Gasteiger charge is -2.26. The van der Waals surface area contributed by atoms with Gasteiger partial charge in [0.25, 0.3) is 0 Å². The van der Waals surface area contributed by atoms with Crippen molar-refractivity contribution >= 4 is 11.8 Å². The highest BCUT2D eigenvalue weighted by Gasteiger charge is 2.67. The molecule has 8 heteroatoms. The minimum atomic E-state index is -0.606. The summed E-state index contributed by atoms with van der Waals surface area (Å²) in [6.07, 6.45) is 8.22. The molecule has 3 fully saturated rings. The fourth-order valence-electron chi connectivity index (χ4n) is 5.99. The van der Waals surface area contributed by atoms with Gasteiger partial charge in [-0.15, -0.1) is 0 Å². The number of nitrogens with one attached hydrogen (secondary N) is 2. The van der Waals surface area contributed by atoms with Crippen LogP contribution in [0, 0.1) is 11.8 Å². The molecule has 29 heavy (non-hydrogen) atoms. The number of carbonyl (C=O) groups is 2. The molecule has 0 radical (unpaired) electrons. The van der Waals surface area contributed by atoms with Gasteiger partial charge in [-0.3, -0.25) is 14.3 Å². The highest BCUT2D eigenvalue weighted by molar-refractivity contribution is 5.93. The lowest BCUT2D eigenvalue weighted by Crippen LogP contribution is -2.44. The monoisotopic (exact) mass is 397 g/mol. The summed E-state index contributed by atoms with van der Waals surface area (Å²) in [7, 11) is 0. The summed E-state index contributed by atoms with van der Waals surface area (Å²) in [5.41, 5.74) is 1.39. The first-order valence-electron chi connectivity index (χ1n) is 10.9. The Labute approximate surface area is 169 Å². The number of nitrogens with zero attached hydrogens (tertiary/aromatic N) is 3. The van der Waals surface area contributed by atoms with Gasteiger partial charge in [-0.25, -0.2) is 0 Å². The topological polar surface area (TPSA) is 88.5 Å². The van der Waals surface area contributed by atoms with E-state index >= 15 is 0 Å². The van der Waals surface area contributed by atoms with E-state index in [2.05, 4.69) is 15.7 Å². The number of hydrogen-bond donors (Lipinski definition) is 2. The van der Waals surface area contributed by atoms with Gasteiger partial charge in [-0.1, -0.05) is 25.0 Å². The molecule has 8 nitrogen and oxygen atoms in total. The van der Waals surface area contributed by atoms with Gasteiger partial charge in [0.2, 0.25) is 11.8 Å². The first-order valence-corrected chi connectivity index (χ1v) is 10.9. The van der Waals surface area contributed by atoms with Crippen LogP contribution in [0.15, 0.2) is 18.2 Å². The Morgan fingerprint density at radius 2 is 2.24 bits per heavy atom. The Balaban J connectivity index is 1.18. The fourth-order valence-corrected chi connectivity index (χ4v) is 5.99. The largest absolute Gasteiger partial charge is 0.360 e. The van der Waals surface area contributed by atoms with E-state index in [0.29, 0.717) is 19.1 Å². The molecule has 4 aliphatic heterocycles. The van der Waals surface area contributed by atoms with Crippen molar-refractivity contribution in [1.82, 2.24) is 25.3 Å². The van der Waals surface area contributed by atoms with Crippen LogP contribution >= 0.6 is 0 Å². The second-order valence-electron chi connectivity index (χ2n) is 9.05. The van der Waals surface area contributed by atoms with Gasteiger partial charge < -0.3 is 20.3 Å². The van der Waals surface area contributed by atoms with Crippen molar-refractivity contribution in [3.63, 3.8) is 0 Å². The van der Waals surface area contributed by atoms with E-state index in [1.54, 1.807) is 0 Å². The first kappa shape index (κ1) is 17.7. The molecule has 4 unspecified atom stereocenters. The predicted octanol–water partition coefficient (Wildman–Crippen LogP) is 0.327. The van der Waals surface area contributed by atoms with Crippen LogP contribution in [0.25, 0.3) is 0 Å². The van der Waals surface area contributed by atoms with Crippen LogP contribution < -0.4 is 10.6 Å². The molecule has 6 rings (SSSR count). The molecule has 2 N–H and O–H groups in total. The van der Waals surface area contributed by atoms with Crippen LogP contribution in [-0.4, -0.2) is 57.3 Å². The fraction of sp³-hybridized carbons (Fsp3) is 0.667. The van der Waals surface area contributed by atoms with Crippen molar-refractivity contribution in [2.75, 3.05) is 13.1 Å². The lowest BCUT2D eigenvalue weighted by atomic mass is 9.77. The van der Waals surface area contributed by atoms with E-state index in [1.807, 2.05) is 27.8 Å². The maximum Gasteiger partial charge on any atom is 0.230 e. The number of likely N-dealkylation sites (tertiary alicyclic amines) is 1. The number of ether oxygens (including phenoxy) is 1. The van der Waals surface area contributed by atoms with Gasteiger partial charge in [0.1, 0.15) is 5.60 Å². The molecule has 154 valence electrons. The van der Waals surface area contributed by atoms with E-state index in [1.165, 1.54) is 12.8 Å². The van der Waals surface area contributed by atoms with Gasteiger partial charge in [0, 0.05) is 19.1 Å². The molecule has 0 aromatic carbocycles. The third kappa shape index (κ3) is 2.61. The average Bonchev–Trinajstić information content (AvgIpc) is 3.52. The van der Waals surface area contributed by atoms with E-state index < -0.39 is 17.4 Å². The third-order valence-electron chi connectivity index (χ3n) is 7.36. The van der Waals surface area contributed by atoms with Crippen molar-refractivity contribution in [2.45, 2.75) is 63.1 Å². The molecule has 1 aliphatic carbocycles. The van der Waals surface area contributed by atoms with Crippen LogP contribution in [0.1, 0.15) is 37.1 Å². The van der Waals surface area contributed by atoms with Crippen LogP contribution in [0.3, 0.4) is 0 Å². The molecule has 1 spiro atoms. The van der Waals surface area contributed by atoms with Gasteiger partial charge >= 0.3 is 0 Å². The molecular weight excluding hydrogens is 370 g/mol. The van der Waals surface area contributed by atoms with Gasteiger partial charge in [0.15, 0.2) is 0 Å². The Morgan fingerprint density at radius 1 is 1.38 bits per heavy atom. The summed E-state index contributed by atoms with van der Waals surface area (Å²) in [6, 6.07) is 2.35. The van der Waals surface area contributed by atoms with Crippen molar-refractivity contribution in [3.05, 3.63) is 29.6 Å². The van der Waals surface area contributed by atoms with Gasteiger partial charge in [-0.05, 0) is 18.9 Å². The number of hydrogen-bond acceptors (Lipinski definition) is 5. The molecule has 4 atom stereocenters. The normalized spacial score (nSPS) is 35.4. The highest BCUT2D eigenvalue weighted by Crippen LogP contribution is 2.53. The minimum absolute atomic E-state index is 0.100. The molecule has 1 aromatic rings. The van der Waals surface area contributed by atoms with Crippen molar-refractivity contribution in [2.24, 2.45) is 11.8 Å². The van der Waals surface area contributed by atoms with Crippen LogP contribution in [0.4, 0.5) is 0 Å². The van der Waals surface area contributed by atoms with Crippen LogP contribution in [0.5, 0.6) is 0 Å². The Hall–Kier alpha value is -2.19. The minimum Gasteiger partial charge on any atom is -0.360 e. The quantitative estimate of drug-likeness (QED) is 0.715. The summed E-state index contributed by atoms with van der Waals surface area (Å²) in [6.45, 7) is 3.55. The summed E-state index contributed by atoms with van der Waals surface area (Å²) in [5, 5.41) is 10.9. The van der Waals surface area contributed by atoms with Crippen molar-refractivity contribution < 1.29 is 14.3 Å². The van der Waals surface area contributed by atoms with Crippen LogP contribution in [-0.2, 0) is 34.0 Å². The summed E-state index contributed by atoms with van der Waals surface area (Å²) >= 11 is 0. The molecule has 2 amide bonds. The Kier molecular flexibility index (Phi) is 3.90. The Morgan fingerprint density at radius 3 is 3.07 bits per heavy atom. The zero-order valence-electron chi connectivity index (χ0n) is 16.5. The number of fused-ring (bicyclic) bond motifs is 2. The third-order valence-corrected chi connectivity index (χ3v) is 7.36. The van der Waals surface area contributed by atoms with Crippen molar-refractivity contribution in [1.29, 1.82) is 0 Å². The standard InChI is InChI=1S/C21H27N5O3/c27-19(23-10-13-9-15-11-22-7-8-26(15)24-13)17-16-5-6-21(29-16)12-25(20(28)18(17)21)14-3-1-2-4-14/h5-6,9,14,16-18,22H,1-4,7-8,10-12H2,(H,23,27). The molecule has 5 heterocycles. The zero-order valence-corrected chi connectivity index (χ0v) is 16.5. The number of amides is 2. The van der Waals surface area contributed by atoms with E-state index in [-0.39, 0.29) is 17.9 Å². The van der Waals surface area contributed by atoms with Crippen LogP contribution in [0.2, 0.25) is 0 Å². The smallest absolute Gasteiger partial charge is 0.230 e. The van der Waals surface area contributed by atoms with E-state index in [9.17, 15) is 9.59 Å². The van der Waals surface area contributed by atoms with E-state index in [4.69, 9.17) is 4.74 Å². The predicted molar refractivity (Wildman–Crippen MR) is 103 cm³/mol. The average molecular weight is 397 g/mol. The van der Waals surface area contributed by atoms with Gasteiger partial charge in [-0.2, -0.15) is 5.10 Å². The van der Waals surface area contributed by atoms with E-state index in [0.717, 1.165) is 43.9 Å².